The molecule has 1 amide bonds. The normalized spacial score (nSPS) is 52.7. The molecule has 95 heavy (non-hydrogen) atoms. The molecule has 20 nitrogen and oxygen atoms in total. The maximum atomic E-state index is 16.0. The minimum atomic E-state index is -1.95. The minimum absolute atomic E-state index is 0.0452. The number of amides is 1. The van der Waals surface area contributed by atoms with Gasteiger partial charge in [0.25, 0.3) is 0 Å². The predicted octanol–water partition coefficient (Wildman–Crippen LogP) is 8.18. The molecule has 12 rings (SSSR count). The largest absolute Gasteiger partial charge is 0.446 e. The number of carbonyl (C=O) groups is 3. The van der Waals surface area contributed by atoms with E-state index >= 15 is 4.79 Å². The quantitative estimate of drug-likeness (QED) is 0.0420. The fraction of sp³-hybridized carbons (Fsp3) is 0.933. The molecule has 3 aliphatic heterocycles. The number of esters is 1. The fourth-order valence-electron chi connectivity index (χ4n) is 24.5. The second-order valence-corrected chi connectivity index (χ2v) is 35.9. The van der Waals surface area contributed by atoms with Crippen molar-refractivity contribution in [1.82, 2.24) is 5.32 Å². The zero-order valence-electron chi connectivity index (χ0n) is 59.1. The minimum Gasteiger partial charge on any atom is -0.446 e. The van der Waals surface area contributed by atoms with Gasteiger partial charge in [0.1, 0.15) is 66.6 Å². The van der Waals surface area contributed by atoms with E-state index in [4.69, 9.17) is 33.2 Å². The van der Waals surface area contributed by atoms with E-state index in [1.807, 2.05) is 6.92 Å². The van der Waals surface area contributed by atoms with E-state index in [0.29, 0.717) is 61.7 Å². The first-order valence-electron chi connectivity index (χ1n) is 37.3. The number of aldehydes is 1. The summed E-state index contributed by atoms with van der Waals surface area (Å²) in [6.07, 6.45) is -2.80. The molecule has 9 aliphatic carbocycles. The summed E-state index contributed by atoms with van der Waals surface area (Å²) < 4.78 is 43.5. The Morgan fingerprint density at radius 2 is 1.37 bits per heavy atom. The Morgan fingerprint density at radius 3 is 2.08 bits per heavy atom. The van der Waals surface area contributed by atoms with E-state index in [0.717, 1.165) is 67.6 Å². The van der Waals surface area contributed by atoms with Gasteiger partial charge in [0.05, 0.1) is 43.0 Å². The van der Waals surface area contributed by atoms with Crippen LogP contribution in [-0.4, -0.2) is 182 Å². The summed E-state index contributed by atoms with van der Waals surface area (Å²) in [5, 5.41) is 106. The van der Waals surface area contributed by atoms with Crippen LogP contribution in [0.5, 0.6) is 0 Å². The molecule has 0 aromatic carbocycles. The van der Waals surface area contributed by atoms with Crippen LogP contribution in [0.1, 0.15) is 218 Å². The summed E-state index contributed by atoms with van der Waals surface area (Å²) >= 11 is 0. The summed E-state index contributed by atoms with van der Waals surface area (Å²) in [5.41, 5.74) is -2.41. The van der Waals surface area contributed by atoms with Gasteiger partial charge in [0.15, 0.2) is 18.7 Å². The maximum Gasteiger partial charge on any atom is 0.407 e. The number of fused-ring (bicyclic) bond motifs is 12. The van der Waals surface area contributed by atoms with Crippen molar-refractivity contribution < 1.29 is 93.5 Å². The highest BCUT2D eigenvalue weighted by Gasteiger charge is 2.73. The number of hydrogen-bond donors (Lipinski definition) is 10. The highest BCUT2D eigenvalue weighted by Crippen LogP contribution is 2.76. The Hall–Kier alpha value is -2.41. The molecule has 0 spiro atoms. The third-order valence-corrected chi connectivity index (χ3v) is 30.3. The summed E-state index contributed by atoms with van der Waals surface area (Å²) in [5.74, 6) is 3.36. The van der Waals surface area contributed by atoms with Gasteiger partial charge >= 0.3 is 12.1 Å². The number of nitrogens with one attached hydrogen (secondary N) is 1. The Balaban J connectivity index is 0.782. The number of hydrogen-bond acceptors (Lipinski definition) is 19. The SMILES string of the molecule is CC(C)CCC[C@@H](C)C1CC[C@H]2[C@H]3CC[C@H]4C[C@@H](OC(=O)N[C@H]5C(CO)O[C@@H](OC(=O)[C@]67CCC(C)(C)CC6C6=CCC8C9(C)CC[C@H](O)C(C)(C=O)[C@@H]9CCC8(C)[C@]6(C)C[C@@H]7O)C(O[C@@H]6OC(C)[C@H](O[C@@H]7OC[C@@H](O)C(O)C7O)C(O)C6O)C5O)CCC4(C)C3CCC12C. The molecular formula is C75H121NO19. The average Bonchev–Trinajstić information content (AvgIpc) is 1.14. The number of aliphatic hydroxyl groups is 9. The van der Waals surface area contributed by atoms with Crippen LogP contribution in [0, 0.1) is 102 Å². The molecule has 8 saturated carbocycles. The van der Waals surface area contributed by atoms with Gasteiger partial charge in [-0.2, -0.15) is 0 Å². The van der Waals surface area contributed by atoms with Gasteiger partial charge in [-0.3, -0.25) is 4.79 Å². The van der Waals surface area contributed by atoms with Gasteiger partial charge in [-0.05, 0) is 214 Å². The number of allylic oxidation sites excluding steroid dienone is 2. The molecule has 12 aliphatic rings. The lowest BCUT2D eigenvalue weighted by Crippen LogP contribution is -2.69. The molecule has 0 radical (unpaired) electrons. The van der Waals surface area contributed by atoms with E-state index in [1.54, 1.807) is 0 Å². The molecule has 20 heteroatoms. The molecule has 17 unspecified atom stereocenters. The smallest absolute Gasteiger partial charge is 0.407 e. The van der Waals surface area contributed by atoms with Gasteiger partial charge in [0, 0.05) is 0 Å². The van der Waals surface area contributed by atoms with Crippen LogP contribution in [0.15, 0.2) is 11.6 Å². The van der Waals surface area contributed by atoms with Crippen LogP contribution in [0.25, 0.3) is 0 Å². The van der Waals surface area contributed by atoms with Gasteiger partial charge in [-0.1, -0.05) is 107 Å². The zero-order chi connectivity index (χ0) is 68.7. The third-order valence-electron chi connectivity index (χ3n) is 30.3. The molecule has 0 aromatic rings. The molecule has 3 saturated heterocycles. The van der Waals surface area contributed by atoms with E-state index < -0.39 is 152 Å². The Bertz CT molecular complexity index is 2810. The van der Waals surface area contributed by atoms with E-state index in [1.165, 1.54) is 58.3 Å². The fourth-order valence-corrected chi connectivity index (χ4v) is 24.5. The van der Waals surface area contributed by atoms with Crippen LogP contribution in [-0.2, 0) is 42.7 Å². The second-order valence-electron chi connectivity index (χ2n) is 35.9. The summed E-state index contributed by atoms with van der Waals surface area (Å²) in [7, 11) is 0. The number of ether oxygens (including phenoxy) is 7. The lowest BCUT2D eigenvalue weighted by atomic mass is 9.33. The van der Waals surface area contributed by atoms with Crippen molar-refractivity contribution in [3.05, 3.63) is 11.6 Å². The number of rotatable bonds is 15. The highest BCUT2D eigenvalue weighted by atomic mass is 16.8. The van der Waals surface area contributed by atoms with Crippen molar-refractivity contribution in [3.63, 3.8) is 0 Å². The molecule has 0 bridgehead atoms. The van der Waals surface area contributed by atoms with Crippen LogP contribution in [0.2, 0.25) is 0 Å². The number of carbonyl (C=O) groups excluding carboxylic acids is 3. The first-order valence-corrected chi connectivity index (χ1v) is 37.3. The highest BCUT2D eigenvalue weighted by molar-refractivity contribution is 5.80. The summed E-state index contributed by atoms with van der Waals surface area (Å²) in [6, 6.07) is -1.45. The van der Waals surface area contributed by atoms with Gasteiger partial charge < -0.3 is 89.2 Å². The topological polar surface area (TPSA) is 310 Å². The molecule has 0 aromatic heterocycles. The van der Waals surface area contributed by atoms with Gasteiger partial charge in [0.2, 0.25) is 6.29 Å². The van der Waals surface area contributed by atoms with Gasteiger partial charge in [-0.25, -0.2) is 4.79 Å². The maximum absolute atomic E-state index is 16.0. The predicted molar refractivity (Wildman–Crippen MR) is 349 cm³/mol. The van der Waals surface area contributed by atoms with Gasteiger partial charge in [-0.15, -0.1) is 0 Å². The van der Waals surface area contributed by atoms with Crippen LogP contribution < -0.4 is 5.32 Å². The van der Waals surface area contributed by atoms with Crippen molar-refractivity contribution in [2.24, 2.45) is 102 Å². The zero-order valence-corrected chi connectivity index (χ0v) is 59.1. The van der Waals surface area contributed by atoms with Crippen molar-refractivity contribution >= 4 is 18.3 Å². The molecule has 11 fully saturated rings. The number of alkyl carbamates (subject to hydrolysis) is 1. The first kappa shape index (κ1) is 72.4. The Labute approximate surface area is 564 Å². The number of aliphatic hydroxyl groups excluding tert-OH is 9. The van der Waals surface area contributed by atoms with E-state index in [-0.39, 0.29) is 46.3 Å². The summed E-state index contributed by atoms with van der Waals surface area (Å²) in [6.45, 7) is 25.7. The molecule has 3 heterocycles. The molecule has 10 N–H and O–H groups in total. The monoisotopic (exact) mass is 1340 g/mol. The molecule has 33 atom stereocenters. The van der Waals surface area contributed by atoms with Crippen molar-refractivity contribution in [2.45, 2.75) is 322 Å². The lowest BCUT2D eigenvalue weighted by Gasteiger charge is -2.71. The Morgan fingerprint density at radius 1 is 0.674 bits per heavy atom. The summed E-state index contributed by atoms with van der Waals surface area (Å²) in [4.78, 5) is 43.4. The lowest BCUT2D eigenvalue weighted by molar-refractivity contribution is -0.370. The second kappa shape index (κ2) is 26.4. The standard InChI is InChI=1S/C75H121NO19/c1-38(2)14-13-15-39(3)44-18-19-45-43-17-16-41-32-42(22-26-69(41,7)46(43)23-27-70(44,45)8)91-67(88)76-55-50(35-77)92-65(62(57(55)83)94-64-60(86)58(84)61(40(4)90-64)93-63-59(85)56(82)49(79)36-89-63)95-66(87)75-31-30-68(5,6)33-48(75)47-20-21-52-71(9)28-25-53(80)72(10,37-78)51(71)24-29-73(52,11)74(47,12)34-54(75)81/h20,37-46,48-65,77,79-86H,13-19,21-36H2,1-12H3,(H,76,88)/t39-,40?,41+,42+,43-,44?,45+,46?,48?,49-,50?,51-,52?,53+,54+,55+,56?,57?,58?,59?,60?,61+,62?,63+,64+,65+,69?,70?,71?,72?,73?,74-,75-/m1/s1. The molecular weight excluding hydrogens is 1220 g/mol. The Kier molecular flexibility index (Phi) is 20.1. The third kappa shape index (κ3) is 11.9. The average molecular weight is 1340 g/mol. The van der Waals surface area contributed by atoms with Crippen LogP contribution >= 0.6 is 0 Å². The molecule has 540 valence electrons. The van der Waals surface area contributed by atoms with E-state index in [2.05, 4.69) is 80.6 Å². The van der Waals surface area contributed by atoms with Crippen molar-refractivity contribution in [2.75, 3.05) is 13.2 Å². The van der Waals surface area contributed by atoms with Crippen molar-refractivity contribution in [3.8, 4) is 0 Å². The first-order chi connectivity index (χ1) is 44.7. The van der Waals surface area contributed by atoms with Crippen LogP contribution in [0.3, 0.4) is 0 Å². The van der Waals surface area contributed by atoms with Crippen molar-refractivity contribution in [1.29, 1.82) is 0 Å². The van der Waals surface area contributed by atoms with E-state index in [9.17, 15) is 55.5 Å². The van der Waals surface area contributed by atoms with Crippen LogP contribution in [0.4, 0.5) is 4.79 Å².